The zero-order valence-corrected chi connectivity index (χ0v) is 18.3. The lowest BCUT2D eigenvalue weighted by Crippen LogP contribution is -2.42. The highest BCUT2D eigenvalue weighted by Gasteiger charge is 2.31. The Morgan fingerprint density at radius 3 is 2.66 bits per heavy atom. The molecule has 0 unspecified atom stereocenters. The van der Waals surface area contributed by atoms with Gasteiger partial charge in [-0.2, -0.15) is 0 Å². The normalized spacial score (nSPS) is 15.8. The van der Waals surface area contributed by atoms with Crippen molar-refractivity contribution in [2.24, 2.45) is 0 Å². The zero-order valence-electron chi connectivity index (χ0n) is 18.3. The second-order valence-corrected chi connectivity index (χ2v) is 8.33. The molecule has 1 N–H and O–H groups in total. The first-order valence-corrected chi connectivity index (χ1v) is 10.9. The van der Waals surface area contributed by atoms with Crippen LogP contribution in [0.2, 0.25) is 0 Å². The Bertz CT molecular complexity index is 1290. The van der Waals surface area contributed by atoms with Crippen molar-refractivity contribution < 1.29 is 4.74 Å². The van der Waals surface area contributed by atoms with E-state index >= 15 is 0 Å². The van der Waals surface area contributed by atoms with E-state index < -0.39 is 0 Å². The van der Waals surface area contributed by atoms with E-state index in [0.717, 1.165) is 27.6 Å². The summed E-state index contributed by atoms with van der Waals surface area (Å²) < 4.78 is 7.37. The summed E-state index contributed by atoms with van der Waals surface area (Å²) in [5, 5.41) is 13.6. The van der Waals surface area contributed by atoms with E-state index in [2.05, 4.69) is 44.5 Å². The van der Waals surface area contributed by atoms with Crippen molar-refractivity contribution in [3.63, 3.8) is 0 Å². The molecule has 3 heterocycles. The molecule has 1 aliphatic rings. The van der Waals surface area contributed by atoms with E-state index in [1.54, 1.807) is 4.68 Å². The Kier molecular flexibility index (Phi) is 5.55. The molecule has 0 saturated carbocycles. The van der Waals surface area contributed by atoms with Crippen molar-refractivity contribution >= 4 is 10.9 Å². The summed E-state index contributed by atoms with van der Waals surface area (Å²) in [5.74, 6) is 0.657. The fourth-order valence-corrected chi connectivity index (χ4v) is 4.52. The van der Waals surface area contributed by atoms with Crippen LogP contribution in [0.4, 0.5) is 0 Å². The van der Waals surface area contributed by atoms with Gasteiger partial charge in [0.05, 0.1) is 25.3 Å². The van der Waals surface area contributed by atoms with Gasteiger partial charge in [-0.05, 0) is 52.9 Å². The van der Waals surface area contributed by atoms with Crippen LogP contribution in [-0.4, -0.2) is 56.4 Å². The topological polar surface area (TPSA) is 88.9 Å². The monoisotopic (exact) mass is 430 g/mol. The fraction of sp³-hybridized carbons (Fsp3) is 0.333. The predicted molar refractivity (Wildman–Crippen MR) is 122 cm³/mol. The molecule has 0 spiro atoms. The lowest BCUT2D eigenvalue weighted by molar-refractivity contribution is 0.0214. The second-order valence-electron chi connectivity index (χ2n) is 8.33. The number of hydrogen-bond donors (Lipinski definition) is 1. The molecule has 5 rings (SSSR count). The Morgan fingerprint density at radius 2 is 1.88 bits per heavy atom. The van der Waals surface area contributed by atoms with Gasteiger partial charge >= 0.3 is 0 Å². The lowest BCUT2D eigenvalue weighted by atomic mass is 10.0. The van der Waals surface area contributed by atoms with E-state index in [4.69, 9.17) is 4.74 Å². The number of nitrogens with one attached hydrogen (secondary N) is 1. The first kappa shape index (κ1) is 20.5. The molecule has 0 aliphatic carbocycles. The van der Waals surface area contributed by atoms with Gasteiger partial charge in [0, 0.05) is 18.7 Å². The molecule has 8 nitrogen and oxygen atoms in total. The maximum Gasteiger partial charge on any atom is 0.253 e. The van der Waals surface area contributed by atoms with Gasteiger partial charge in [-0.3, -0.25) is 9.69 Å². The van der Waals surface area contributed by atoms with Crippen LogP contribution >= 0.6 is 0 Å². The van der Waals surface area contributed by atoms with Crippen molar-refractivity contribution in [1.29, 1.82) is 0 Å². The summed E-state index contributed by atoms with van der Waals surface area (Å²) in [6.07, 6.45) is 0. The van der Waals surface area contributed by atoms with Crippen LogP contribution in [0.3, 0.4) is 0 Å². The summed E-state index contributed by atoms with van der Waals surface area (Å²) in [4.78, 5) is 18.7. The molecule has 2 aromatic heterocycles. The average molecular weight is 431 g/mol. The molecule has 1 saturated heterocycles. The average Bonchev–Trinajstić information content (AvgIpc) is 3.24. The number of pyridine rings is 1. The van der Waals surface area contributed by atoms with Crippen LogP contribution in [0.1, 0.15) is 34.1 Å². The second kappa shape index (κ2) is 8.64. The highest BCUT2D eigenvalue weighted by atomic mass is 16.5. The third-order valence-corrected chi connectivity index (χ3v) is 6.01. The fourth-order valence-electron chi connectivity index (χ4n) is 4.52. The molecule has 1 aliphatic heterocycles. The molecule has 164 valence electrons. The number of benzene rings is 2. The highest BCUT2D eigenvalue weighted by Crippen LogP contribution is 2.28. The number of fused-ring (bicyclic) bond motifs is 1. The smallest absolute Gasteiger partial charge is 0.253 e. The quantitative estimate of drug-likeness (QED) is 0.524. The maximum atomic E-state index is 13.3. The van der Waals surface area contributed by atoms with Crippen molar-refractivity contribution in [1.82, 2.24) is 30.1 Å². The van der Waals surface area contributed by atoms with Crippen LogP contribution in [0.5, 0.6) is 0 Å². The number of hydrogen-bond acceptors (Lipinski definition) is 6. The number of morpholine rings is 1. The lowest BCUT2D eigenvalue weighted by Gasteiger charge is -2.33. The van der Waals surface area contributed by atoms with Crippen LogP contribution in [0, 0.1) is 13.8 Å². The van der Waals surface area contributed by atoms with E-state index in [1.807, 2.05) is 43.3 Å². The Morgan fingerprint density at radius 1 is 1.09 bits per heavy atom. The molecule has 8 heteroatoms. The number of nitrogens with zero attached hydrogens (tertiary/aromatic N) is 5. The minimum Gasteiger partial charge on any atom is -0.379 e. The van der Waals surface area contributed by atoms with Gasteiger partial charge in [-0.25, -0.2) is 4.68 Å². The molecule has 32 heavy (non-hydrogen) atoms. The molecule has 4 aromatic rings. The molecular weight excluding hydrogens is 404 g/mol. The summed E-state index contributed by atoms with van der Waals surface area (Å²) in [7, 11) is 0. The standard InChI is InChI=1S/C24H26N6O2/c1-16-12-17(2)21-19(13-16)14-20(24(31)25-21)22(29-8-10-32-11-9-29)23-26-27-28-30(23)15-18-6-4-3-5-7-18/h3-7,12-14,22H,8-11,15H2,1-2H3,(H,25,31)/t22-/m0/s1. The number of rotatable bonds is 5. The largest absolute Gasteiger partial charge is 0.379 e. The van der Waals surface area contributed by atoms with Gasteiger partial charge in [0.15, 0.2) is 5.82 Å². The van der Waals surface area contributed by atoms with Crippen LogP contribution in [0.15, 0.2) is 53.3 Å². The molecule has 2 aromatic carbocycles. The van der Waals surface area contributed by atoms with E-state index in [9.17, 15) is 4.79 Å². The van der Waals surface area contributed by atoms with Crippen molar-refractivity contribution in [3.8, 4) is 0 Å². The van der Waals surface area contributed by atoms with Gasteiger partial charge in [-0.1, -0.05) is 42.0 Å². The third-order valence-electron chi connectivity index (χ3n) is 6.01. The number of ether oxygens (including phenoxy) is 1. The van der Waals surface area contributed by atoms with E-state index in [-0.39, 0.29) is 11.6 Å². The number of aromatic nitrogens is 5. The first-order chi connectivity index (χ1) is 15.6. The number of aryl methyl sites for hydroxylation is 2. The summed E-state index contributed by atoms with van der Waals surface area (Å²) in [5.41, 5.74) is 4.71. The Labute approximate surface area is 185 Å². The van der Waals surface area contributed by atoms with Crippen molar-refractivity contribution in [3.05, 3.63) is 87.0 Å². The summed E-state index contributed by atoms with van der Waals surface area (Å²) >= 11 is 0. The SMILES string of the molecule is Cc1cc(C)c2[nH]c(=O)c([C@@H](c3nnnn3Cc3ccccc3)N3CCOCC3)cc2c1. The van der Waals surface area contributed by atoms with Gasteiger partial charge in [0.2, 0.25) is 0 Å². The molecular formula is C24H26N6O2. The summed E-state index contributed by atoms with van der Waals surface area (Å²) in [6.45, 7) is 7.25. The maximum absolute atomic E-state index is 13.3. The highest BCUT2D eigenvalue weighted by molar-refractivity contribution is 5.83. The minimum atomic E-state index is -0.369. The minimum absolute atomic E-state index is 0.116. The van der Waals surface area contributed by atoms with Gasteiger partial charge in [0.25, 0.3) is 5.56 Å². The van der Waals surface area contributed by atoms with Gasteiger partial charge in [-0.15, -0.1) is 5.10 Å². The predicted octanol–water partition coefficient (Wildman–Crippen LogP) is 2.60. The molecule has 1 atom stereocenters. The van der Waals surface area contributed by atoms with Crippen LogP contribution in [-0.2, 0) is 11.3 Å². The Hall–Kier alpha value is -3.36. The number of aromatic amines is 1. The molecule has 0 amide bonds. The van der Waals surface area contributed by atoms with E-state index in [1.165, 1.54) is 0 Å². The van der Waals surface area contributed by atoms with E-state index in [0.29, 0.717) is 44.2 Å². The van der Waals surface area contributed by atoms with Crippen molar-refractivity contribution in [2.45, 2.75) is 26.4 Å². The third kappa shape index (κ3) is 3.94. The zero-order chi connectivity index (χ0) is 22.1. The molecule has 1 fully saturated rings. The molecule has 0 bridgehead atoms. The van der Waals surface area contributed by atoms with Crippen LogP contribution < -0.4 is 5.56 Å². The van der Waals surface area contributed by atoms with Crippen molar-refractivity contribution in [2.75, 3.05) is 26.3 Å². The summed E-state index contributed by atoms with van der Waals surface area (Å²) in [6, 6.07) is 15.9. The Balaban J connectivity index is 1.64. The van der Waals surface area contributed by atoms with Gasteiger partial charge < -0.3 is 9.72 Å². The van der Waals surface area contributed by atoms with Gasteiger partial charge in [0.1, 0.15) is 6.04 Å². The number of tetrazole rings is 1. The molecule has 0 radical (unpaired) electrons. The first-order valence-electron chi connectivity index (χ1n) is 10.9. The van der Waals surface area contributed by atoms with Crippen LogP contribution in [0.25, 0.3) is 10.9 Å². The number of H-pyrrole nitrogens is 1.